The van der Waals surface area contributed by atoms with Gasteiger partial charge in [-0.25, -0.2) is 0 Å². The maximum absolute atomic E-state index is 11.6. The van der Waals surface area contributed by atoms with Gasteiger partial charge in [-0.3, -0.25) is 4.79 Å². The van der Waals surface area contributed by atoms with E-state index >= 15 is 0 Å². The lowest BCUT2D eigenvalue weighted by molar-refractivity contribution is -0.127. The van der Waals surface area contributed by atoms with Gasteiger partial charge in [-0.15, -0.1) is 0 Å². The topological polar surface area (TPSA) is 64.3 Å². The number of rotatable bonds is 4. The number of carbonyl (C=O) groups excluding carboxylic acids is 1. The number of hydrogen-bond acceptors (Lipinski definition) is 3. The van der Waals surface area contributed by atoms with Crippen molar-refractivity contribution in [1.82, 2.24) is 5.32 Å². The van der Waals surface area contributed by atoms with Gasteiger partial charge in [-0.2, -0.15) is 0 Å². The van der Waals surface area contributed by atoms with E-state index in [4.69, 9.17) is 10.5 Å². The molecule has 0 heterocycles. The zero-order chi connectivity index (χ0) is 13.0. The lowest BCUT2D eigenvalue weighted by Crippen LogP contribution is -2.40. The van der Waals surface area contributed by atoms with Crippen LogP contribution in [0.5, 0.6) is 5.75 Å². The van der Waals surface area contributed by atoms with Gasteiger partial charge in [0.1, 0.15) is 5.75 Å². The smallest absolute Gasteiger partial charge is 0.260 e. The molecule has 0 radical (unpaired) electrons. The molecule has 94 valence electrons. The van der Waals surface area contributed by atoms with Crippen LogP contribution in [-0.2, 0) is 4.79 Å². The van der Waals surface area contributed by atoms with Gasteiger partial charge in [0.15, 0.2) is 6.10 Å². The Balaban J connectivity index is 2.64. The number of amides is 1. The molecule has 0 aliphatic carbocycles. The second-order valence-corrected chi connectivity index (χ2v) is 4.44. The lowest BCUT2D eigenvalue weighted by Gasteiger charge is -2.17. The van der Waals surface area contributed by atoms with E-state index in [1.807, 2.05) is 32.9 Å². The fraction of sp³-hybridized carbons (Fsp3) is 0.462. The number of anilines is 1. The third-order valence-corrected chi connectivity index (χ3v) is 2.36. The molecule has 0 saturated carbocycles. The van der Waals surface area contributed by atoms with Gasteiger partial charge < -0.3 is 15.8 Å². The molecule has 0 saturated heterocycles. The molecule has 0 bridgehead atoms. The number of nitrogen functional groups attached to an aromatic ring is 1. The molecule has 0 spiro atoms. The summed E-state index contributed by atoms with van der Waals surface area (Å²) >= 11 is 0. The van der Waals surface area contributed by atoms with Gasteiger partial charge in [0.05, 0.1) is 0 Å². The summed E-state index contributed by atoms with van der Waals surface area (Å²) in [5.41, 5.74) is 7.44. The molecule has 17 heavy (non-hydrogen) atoms. The Bertz CT molecular complexity index is 402. The highest BCUT2D eigenvalue weighted by Crippen LogP contribution is 2.20. The van der Waals surface area contributed by atoms with Crippen LogP contribution in [0.4, 0.5) is 5.69 Å². The SMILES string of the molecule is Cc1ccc(OC(C)C(=O)NC(C)C)cc1N. The minimum atomic E-state index is -0.528. The number of hydrogen-bond donors (Lipinski definition) is 2. The monoisotopic (exact) mass is 236 g/mol. The van der Waals surface area contributed by atoms with Crippen molar-refractivity contribution < 1.29 is 9.53 Å². The zero-order valence-corrected chi connectivity index (χ0v) is 10.8. The van der Waals surface area contributed by atoms with Crippen molar-refractivity contribution in [2.75, 3.05) is 5.73 Å². The molecule has 4 nitrogen and oxygen atoms in total. The third kappa shape index (κ3) is 3.98. The third-order valence-electron chi connectivity index (χ3n) is 2.36. The molecular weight excluding hydrogens is 216 g/mol. The maximum atomic E-state index is 11.6. The van der Waals surface area contributed by atoms with Crippen molar-refractivity contribution in [2.24, 2.45) is 0 Å². The first-order valence-electron chi connectivity index (χ1n) is 5.73. The molecule has 1 rings (SSSR count). The van der Waals surface area contributed by atoms with E-state index in [2.05, 4.69) is 5.32 Å². The van der Waals surface area contributed by atoms with Crippen LogP contribution >= 0.6 is 0 Å². The first kappa shape index (κ1) is 13.4. The largest absolute Gasteiger partial charge is 0.481 e. The van der Waals surface area contributed by atoms with Crippen LogP contribution in [0.2, 0.25) is 0 Å². The van der Waals surface area contributed by atoms with Crippen LogP contribution in [0, 0.1) is 6.92 Å². The Kier molecular flexibility index (Phi) is 4.37. The predicted molar refractivity (Wildman–Crippen MR) is 69.0 cm³/mol. The lowest BCUT2D eigenvalue weighted by atomic mass is 10.2. The second-order valence-electron chi connectivity index (χ2n) is 4.44. The molecule has 1 aromatic carbocycles. The van der Waals surface area contributed by atoms with Gasteiger partial charge in [-0.1, -0.05) is 6.07 Å². The Morgan fingerprint density at radius 3 is 2.53 bits per heavy atom. The number of carbonyl (C=O) groups is 1. The molecule has 0 fully saturated rings. The number of nitrogens with two attached hydrogens (primary N) is 1. The molecule has 0 aliphatic heterocycles. The first-order chi connectivity index (χ1) is 7.90. The van der Waals surface area contributed by atoms with E-state index < -0.39 is 6.10 Å². The molecule has 0 aromatic heterocycles. The summed E-state index contributed by atoms with van der Waals surface area (Å²) in [7, 11) is 0. The average molecular weight is 236 g/mol. The quantitative estimate of drug-likeness (QED) is 0.784. The van der Waals surface area contributed by atoms with Crippen LogP contribution < -0.4 is 15.8 Å². The minimum absolute atomic E-state index is 0.108. The van der Waals surface area contributed by atoms with E-state index in [1.165, 1.54) is 0 Å². The molecular formula is C13H20N2O2. The van der Waals surface area contributed by atoms with Crippen molar-refractivity contribution >= 4 is 11.6 Å². The van der Waals surface area contributed by atoms with Crippen molar-refractivity contribution in [3.8, 4) is 5.75 Å². The summed E-state index contributed by atoms with van der Waals surface area (Å²) < 4.78 is 5.52. The highest BCUT2D eigenvalue weighted by atomic mass is 16.5. The number of benzene rings is 1. The Labute approximate surface area is 102 Å². The summed E-state index contributed by atoms with van der Waals surface area (Å²) in [5, 5.41) is 2.79. The van der Waals surface area contributed by atoms with E-state index in [0.29, 0.717) is 11.4 Å². The number of aryl methyl sites for hydroxylation is 1. The van der Waals surface area contributed by atoms with Crippen LogP contribution in [0.1, 0.15) is 26.3 Å². The van der Waals surface area contributed by atoms with Gasteiger partial charge in [0.25, 0.3) is 5.91 Å². The van der Waals surface area contributed by atoms with Crippen LogP contribution in [-0.4, -0.2) is 18.1 Å². The van der Waals surface area contributed by atoms with E-state index in [-0.39, 0.29) is 11.9 Å². The molecule has 1 unspecified atom stereocenters. The number of ether oxygens (including phenoxy) is 1. The Morgan fingerprint density at radius 1 is 1.35 bits per heavy atom. The van der Waals surface area contributed by atoms with Crippen LogP contribution in [0.25, 0.3) is 0 Å². The number of nitrogens with one attached hydrogen (secondary N) is 1. The summed E-state index contributed by atoms with van der Waals surface area (Å²) in [4.78, 5) is 11.6. The van der Waals surface area contributed by atoms with Crippen molar-refractivity contribution in [1.29, 1.82) is 0 Å². The highest BCUT2D eigenvalue weighted by Gasteiger charge is 2.15. The molecule has 1 atom stereocenters. The normalized spacial score (nSPS) is 12.3. The van der Waals surface area contributed by atoms with Gasteiger partial charge in [0, 0.05) is 17.8 Å². The highest BCUT2D eigenvalue weighted by molar-refractivity contribution is 5.80. The molecule has 3 N–H and O–H groups in total. The summed E-state index contributed by atoms with van der Waals surface area (Å²) in [6, 6.07) is 5.52. The van der Waals surface area contributed by atoms with E-state index in [0.717, 1.165) is 5.56 Å². The van der Waals surface area contributed by atoms with Crippen molar-refractivity contribution in [3.05, 3.63) is 23.8 Å². The minimum Gasteiger partial charge on any atom is -0.481 e. The average Bonchev–Trinajstić information content (AvgIpc) is 2.22. The fourth-order valence-electron chi connectivity index (χ4n) is 1.35. The zero-order valence-electron chi connectivity index (χ0n) is 10.8. The first-order valence-corrected chi connectivity index (χ1v) is 5.73. The molecule has 1 amide bonds. The molecule has 4 heteroatoms. The van der Waals surface area contributed by atoms with Crippen LogP contribution in [0.3, 0.4) is 0 Å². The molecule has 1 aromatic rings. The van der Waals surface area contributed by atoms with E-state index in [1.54, 1.807) is 13.0 Å². The summed E-state index contributed by atoms with van der Waals surface area (Å²) in [6.07, 6.45) is -0.528. The summed E-state index contributed by atoms with van der Waals surface area (Å²) in [5.74, 6) is 0.485. The van der Waals surface area contributed by atoms with E-state index in [9.17, 15) is 4.79 Å². The Morgan fingerprint density at radius 2 is 2.00 bits per heavy atom. The van der Waals surface area contributed by atoms with Crippen molar-refractivity contribution in [2.45, 2.75) is 39.8 Å². The molecule has 0 aliphatic rings. The van der Waals surface area contributed by atoms with Crippen LogP contribution in [0.15, 0.2) is 18.2 Å². The maximum Gasteiger partial charge on any atom is 0.260 e. The second kappa shape index (κ2) is 5.57. The summed E-state index contributed by atoms with van der Waals surface area (Å²) in [6.45, 7) is 7.46. The van der Waals surface area contributed by atoms with Gasteiger partial charge in [0.2, 0.25) is 0 Å². The standard InChI is InChI=1S/C13H20N2O2/c1-8(2)15-13(16)10(4)17-11-6-5-9(3)12(14)7-11/h5-8,10H,14H2,1-4H3,(H,15,16). The van der Waals surface area contributed by atoms with Gasteiger partial charge >= 0.3 is 0 Å². The van der Waals surface area contributed by atoms with Crippen molar-refractivity contribution in [3.63, 3.8) is 0 Å². The fourth-order valence-corrected chi connectivity index (χ4v) is 1.35. The predicted octanol–water partition coefficient (Wildman–Crippen LogP) is 1.87. The Hall–Kier alpha value is -1.71. The van der Waals surface area contributed by atoms with Gasteiger partial charge in [-0.05, 0) is 39.3 Å².